The van der Waals surface area contributed by atoms with Crippen LogP contribution in [0.4, 0.5) is 11.4 Å². The molecule has 0 bridgehead atoms. The minimum atomic E-state index is -3.99. The van der Waals surface area contributed by atoms with Crippen molar-refractivity contribution in [3.8, 4) is 5.75 Å². The molecule has 0 fully saturated rings. The van der Waals surface area contributed by atoms with Gasteiger partial charge in [0.15, 0.2) is 5.69 Å². The first-order valence-corrected chi connectivity index (χ1v) is 10.5. The minimum Gasteiger partial charge on any atom is -0.494 e. The van der Waals surface area contributed by atoms with Crippen molar-refractivity contribution in [1.29, 1.82) is 0 Å². The number of ether oxygens (including phenoxy) is 1. The first kappa shape index (κ1) is 19.8. The van der Waals surface area contributed by atoms with Gasteiger partial charge in [0.2, 0.25) is 0 Å². The van der Waals surface area contributed by atoms with Crippen LogP contribution in [-0.4, -0.2) is 21.6 Å². The smallest absolute Gasteiger partial charge is 0.363 e. The van der Waals surface area contributed by atoms with E-state index in [9.17, 15) is 13.2 Å². The van der Waals surface area contributed by atoms with Gasteiger partial charge >= 0.3 is 5.63 Å². The summed E-state index contributed by atoms with van der Waals surface area (Å²) in [5, 5.41) is 3.76. The molecular weight excluding hydrogens is 380 g/mol. The lowest BCUT2D eigenvalue weighted by molar-refractivity contribution is 0.340. The topological polar surface area (TPSA) is 97.6 Å². The highest BCUT2D eigenvalue weighted by Gasteiger charge is 2.21. The average molecular weight is 402 g/mol. The molecule has 0 saturated heterocycles. The van der Waals surface area contributed by atoms with Crippen LogP contribution in [0.25, 0.3) is 11.0 Å². The van der Waals surface area contributed by atoms with Crippen LogP contribution in [0.3, 0.4) is 0 Å². The Labute approximate surface area is 163 Å². The zero-order chi connectivity index (χ0) is 20.1. The Hall–Kier alpha value is -3.00. The minimum absolute atomic E-state index is 0.0185. The van der Waals surface area contributed by atoms with Crippen molar-refractivity contribution in [2.45, 2.75) is 25.2 Å². The Morgan fingerprint density at radius 3 is 2.39 bits per heavy atom. The lowest BCUT2D eigenvalue weighted by Gasteiger charge is -2.15. The van der Waals surface area contributed by atoms with E-state index >= 15 is 0 Å². The molecule has 0 amide bonds. The van der Waals surface area contributed by atoms with Crippen LogP contribution in [0, 0.1) is 0 Å². The van der Waals surface area contributed by atoms with Gasteiger partial charge in [-0.25, -0.2) is 13.2 Å². The molecule has 3 rings (SSSR count). The molecule has 3 aromatic rings. The number of sulfonamides is 1. The highest BCUT2D eigenvalue weighted by Crippen LogP contribution is 2.30. The summed E-state index contributed by atoms with van der Waals surface area (Å²) in [6.07, 6.45) is 0.805. The van der Waals surface area contributed by atoms with Crippen LogP contribution in [-0.2, 0) is 10.0 Å². The van der Waals surface area contributed by atoms with Crippen LogP contribution in [0.2, 0.25) is 0 Å². The lowest BCUT2D eigenvalue weighted by Crippen LogP contribution is -2.21. The average Bonchev–Trinajstić information content (AvgIpc) is 2.68. The third-order valence-corrected chi connectivity index (χ3v) is 5.41. The van der Waals surface area contributed by atoms with Crippen molar-refractivity contribution in [3.63, 3.8) is 0 Å². The molecule has 0 aliphatic heterocycles. The summed E-state index contributed by atoms with van der Waals surface area (Å²) in [4.78, 5) is 12.5. The third kappa shape index (κ3) is 4.12. The van der Waals surface area contributed by atoms with Gasteiger partial charge in [0, 0.05) is 11.9 Å². The van der Waals surface area contributed by atoms with E-state index in [1.54, 1.807) is 36.4 Å². The molecule has 148 valence electrons. The summed E-state index contributed by atoms with van der Waals surface area (Å²) in [5.41, 5.74) is -0.105. The van der Waals surface area contributed by atoms with E-state index in [1.807, 2.05) is 13.8 Å². The van der Waals surface area contributed by atoms with Gasteiger partial charge in [-0.1, -0.05) is 19.1 Å². The largest absolute Gasteiger partial charge is 0.494 e. The SMILES string of the molecule is CCCNc1c(NS(=O)(=O)c2ccc(OCC)cc2)c(=O)oc2ccccc12. The monoisotopic (exact) mass is 402 g/mol. The van der Waals surface area contributed by atoms with Crippen LogP contribution < -0.4 is 20.4 Å². The Morgan fingerprint density at radius 2 is 1.71 bits per heavy atom. The molecule has 28 heavy (non-hydrogen) atoms. The molecule has 7 nitrogen and oxygen atoms in total. The molecular formula is C20H22N2O5S. The Bertz CT molecular complexity index is 1120. The third-order valence-electron chi connectivity index (χ3n) is 4.05. The fourth-order valence-corrected chi connectivity index (χ4v) is 3.82. The normalized spacial score (nSPS) is 11.4. The van der Waals surface area contributed by atoms with Crippen molar-refractivity contribution >= 4 is 32.4 Å². The standard InChI is InChI=1S/C20H22N2O5S/c1-3-13-21-18-16-7-5-6-8-17(16)27-20(23)19(18)22-28(24,25)15-11-9-14(10-12-15)26-4-2/h5-12,21-22H,3-4,13H2,1-2H3. The van der Waals surface area contributed by atoms with Crippen molar-refractivity contribution in [2.75, 3.05) is 23.2 Å². The number of hydrogen-bond acceptors (Lipinski definition) is 6. The number of hydrogen-bond donors (Lipinski definition) is 2. The number of nitrogens with one attached hydrogen (secondary N) is 2. The molecule has 0 aliphatic rings. The molecule has 0 radical (unpaired) electrons. The first-order chi connectivity index (χ1) is 13.5. The number of benzene rings is 2. The van der Waals surface area contributed by atoms with Crippen molar-refractivity contribution in [1.82, 2.24) is 0 Å². The van der Waals surface area contributed by atoms with Crippen LogP contribution in [0.1, 0.15) is 20.3 Å². The van der Waals surface area contributed by atoms with Crippen molar-refractivity contribution in [2.24, 2.45) is 0 Å². The van der Waals surface area contributed by atoms with Crippen molar-refractivity contribution < 1.29 is 17.6 Å². The predicted octanol–water partition coefficient (Wildman–Crippen LogP) is 3.81. The summed E-state index contributed by atoms with van der Waals surface area (Å²) >= 11 is 0. The maximum Gasteiger partial charge on any atom is 0.363 e. The number of anilines is 2. The van der Waals surface area contributed by atoms with E-state index in [1.165, 1.54) is 12.1 Å². The van der Waals surface area contributed by atoms with Gasteiger partial charge in [-0.15, -0.1) is 0 Å². The van der Waals surface area contributed by atoms with Crippen LogP contribution in [0.15, 0.2) is 62.6 Å². The van der Waals surface area contributed by atoms with Gasteiger partial charge < -0.3 is 14.5 Å². The van der Waals surface area contributed by atoms with E-state index in [2.05, 4.69) is 10.0 Å². The fourth-order valence-electron chi connectivity index (χ4n) is 2.75. The highest BCUT2D eigenvalue weighted by molar-refractivity contribution is 7.92. The van der Waals surface area contributed by atoms with E-state index in [0.717, 1.165) is 6.42 Å². The van der Waals surface area contributed by atoms with Crippen LogP contribution in [0.5, 0.6) is 5.75 Å². The first-order valence-electron chi connectivity index (χ1n) is 9.01. The molecule has 0 atom stereocenters. The van der Waals surface area contributed by atoms with Gasteiger partial charge in [-0.05, 0) is 49.7 Å². The molecule has 2 aromatic carbocycles. The molecule has 0 unspecified atom stereocenters. The summed E-state index contributed by atoms with van der Waals surface area (Å²) < 4.78 is 38.7. The number of rotatable bonds is 8. The van der Waals surface area contributed by atoms with Crippen LogP contribution >= 0.6 is 0 Å². The van der Waals surface area contributed by atoms with E-state index in [4.69, 9.17) is 9.15 Å². The molecule has 1 aromatic heterocycles. The maximum absolute atomic E-state index is 12.8. The van der Waals surface area contributed by atoms with Gasteiger partial charge in [0.05, 0.1) is 17.2 Å². The molecule has 1 heterocycles. The second kappa shape index (κ2) is 8.35. The molecule has 8 heteroatoms. The second-order valence-corrected chi connectivity index (χ2v) is 7.75. The van der Waals surface area contributed by atoms with Gasteiger partial charge in [0.1, 0.15) is 11.3 Å². The number of para-hydroxylation sites is 1. The van der Waals surface area contributed by atoms with E-state index in [-0.39, 0.29) is 10.6 Å². The Balaban J connectivity index is 2.04. The Kier molecular flexibility index (Phi) is 5.89. The molecule has 2 N–H and O–H groups in total. The van der Waals surface area contributed by atoms with Gasteiger partial charge in [0.25, 0.3) is 10.0 Å². The highest BCUT2D eigenvalue weighted by atomic mass is 32.2. The van der Waals surface area contributed by atoms with Gasteiger partial charge in [-0.3, -0.25) is 4.72 Å². The summed E-state index contributed by atoms with van der Waals surface area (Å²) in [6, 6.07) is 13.0. The summed E-state index contributed by atoms with van der Waals surface area (Å²) in [7, 11) is -3.99. The zero-order valence-electron chi connectivity index (χ0n) is 15.7. The fraction of sp³-hybridized carbons (Fsp3) is 0.250. The van der Waals surface area contributed by atoms with Crippen molar-refractivity contribution in [3.05, 3.63) is 59.0 Å². The predicted molar refractivity (Wildman–Crippen MR) is 110 cm³/mol. The summed E-state index contributed by atoms with van der Waals surface area (Å²) in [5.74, 6) is 0.567. The Morgan fingerprint density at radius 1 is 1.00 bits per heavy atom. The van der Waals surface area contributed by atoms with E-state index in [0.29, 0.717) is 35.6 Å². The second-order valence-electron chi connectivity index (χ2n) is 6.07. The number of fused-ring (bicyclic) bond motifs is 1. The molecule has 0 saturated carbocycles. The summed E-state index contributed by atoms with van der Waals surface area (Å²) in [6.45, 7) is 4.88. The van der Waals surface area contributed by atoms with Gasteiger partial charge in [-0.2, -0.15) is 0 Å². The molecule has 0 spiro atoms. The quantitative estimate of drug-likeness (QED) is 0.556. The zero-order valence-corrected chi connectivity index (χ0v) is 16.5. The molecule has 0 aliphatic carbocycles. The maximum atomic E-state index is 12.8. The lowest BCUT2D eigenvalue weighted by atomic mass is 10.2. The van der Waals surface area contributed by atoms with E-state index < -0.39 is 15.6 Å².